The van der Waals surface area contributed by atoms with Crippen LogP contribution in [0.15, 0.2) is 71.5 Å². The standard InChI is InChI=1S/C24H24F2N4O2/c1-14(27)10-11-24(30-18-8-4-16(26)5-9-18)13-20-19(22(31)29-23(20)32)12-21(24)28-17-6-2-15(25)3-7-17/h2-9,12,14,28,30H,10-11,13,27H2,1H3,(H,29,31,32). The monoisotopic (exact) mass is 438 g/mol. The van der Waals surface area contributed by atoms with Gasteiger partial charge in [-0.05, 0) is 74.4 Å². The largest absolute Gasteiger partial charge is 0.374 e. The molecular weight excluding hydrogens is 414 g/mol. The summed E-state index contributed by atoms with van der Waals surface area (Å²) in [7, 11) is 0. The summed E-state index contributed by atoms with van der Waals surface area (Å²) in [4.78, 5) is 24.8. The maximum absolute atomic E-state index is 13.5. The van der Waals surface area contributed by atoms with Gasteiger partial charge in [0.05, 0.1) is 11.1 Å². The quantitative estimate of drug-likeness (QED) is 0.496. The van der Waals surface area contributed by atoms with Crippen molar-refractivity contribution < 1.29 is 18.4 Å². The molecule has 0 spiro atoms. The summed E-state index contributed by atoms with van der Waals surface area (Å²) in [5.74, 6) is -1.61. The Balaban J connectivity index is 1.79. The third-order valence-electron chi connectivity index (χ3n) is 5.73. The topological polar surface area (TPSA) is 96.2 Å². The highest BCUT2D eigenvalue weighted by molar-refractivity contribution is 6.21. The summed E-state index contributed by atoms with van der Waals surface area (Å²) in [6.07, 6.45) is 3.03. The van der Waals surface area contributed by atoms with Crippen LogP contribution in [0.1, 0.15) is 26.2 Å². The Morgan fingerprint density at radius 3 is 2.19 bits per heavy atom. The number of anilines is 2. The minimum Gasteiger partial charge on any atom is -0.374 e. The van der Waals surface area contributed by atoms with Crippen LogP contribution >= 0.6 is 0 Å². The highest BCUT2D eigenvalue weighted by Crippen LogP contribution is 2.41. The summed E-state index contributed by atoms with van der Waals surface area (Å²) < 4.78 is 26.9. The van der Waals surface area contributed by atoms with E-state index in [1.165, 1.54) is 24.3 Å². The van der Waals surface area contributed by atoms with Crippen LogP contribution in [0, 0.1) is 11.6 Å². The van der Waals surface area contributed by atoms with E-state index in [1.807, 2.05) is 6.92 Å². The van der Waals surface area contributed by atoms with Crippen LogP contribution in [0.25, 0.3) is 0 Å². The Kier molecular flexibility index (Phi) is 5.80. The summed E-state index contributed by atoms with van der Waals surface area (Å²) >= 11 is 0. The van der Waals surface area contributed by atoms with Crippen molar-refractivity contribution in [2.75, 3.05) is 10.6 Å². The summed E-state index contributed by atoms with van der Waals surface area (Å²) in [5.41, 5.74) is 7.82. The number of imide groups is 1. The van der Waals surface area contributed by atoms with E-state index in [0.29, 0.717) is 41.1 Å². The van der Waals surface area contributed by atoms with Gasteiger partial charge in [0.1, 0.15) is 11.6 Å². The van der Waals surface area contributed by atoms with Crippen molar-refractivity contribution in [3.8, 4) is 0 Å². The molecule has 0 fully saturated rings. The molecule has 1 heterocycles. The third-order valence-corrected chi connectivity index (χ3v) is 5.73. The Hall–Kier alpha value is -3.52. The minimum atomic E-state index is -0.833. The Morgan fingerprint density at radius 1 is 1.00 bits per heavy atom. The van der Waals surface area contributed by atoms with Crippen LogP contribution in [0.4, 0.5) is 20.2 Å². The number of carbonyl (C=O) groups excluding carboxylic acids is 2. The van der Waals surface area contributed by atoms with Crippen molar-refractivity contribution in [1.82, 2.24) is 5.32 Å². The molecule has 2 unspecified atom stereocenters. The number of carbonyl (C=O) groups is 2. The number of rotatable bonds is 7. The van der Waals surface area contributed by atoms with Gasteiger partial charge in [0.2, 0.25) is 0 Å². The number of hydrogen-bond donors (Lipinski definition) is 4. The molecule has 2 aliphatic rings. The van der Waals surface area contributed by atoms with Gasteiger partial charge in [0.15, 0.2) is 0 Å². The molecule has 0 radical (unpaired) electrons. The number of nitrogens with one attached hydrogen (secondary N) is 3. The molecule has 1 aliphatic heterocycles. The van der Waals surface area contributed by atoms with Crippen LogP contribution in [-0.2, 0) is 9.59 Å². The average Bonchev–Trinajstić information content (AvgIpc) is 3.02. The molecule has 1 aliphatic carbocycles. The fourth-order valence-electron chi connectivity index (χ4n) is 4.04. The molecule has 2 aromatic rings. The SMILES string of the molecule is CC(N)CCC1(Nc2ccc(F)cc2)CC2=C(C=C1Nc1ccc(F)cc1)C(=O)NC2=O. The molecule has 4 rings (SSSR count). The molecule has 8 heteroatoms. The van der Waals surface area contributed by atoms with Gasteiger partial charge in [0, 0.05) is 35.1 Å². The van der Waals surface area contributed by atoms with Crippen molar-refractivity contribution in [3.05, 3.63) is 83.1 Å². The van der Waals surface area contributed by atoms with Gasteiger partial charge in [-0.2, -0.15) is 0 Å². The lowest BCUT2D eigenvalue weighted by molar-refractivity contribution is -0.124. The molecule has 0 aromatic heterocycles. The molecule has 5 N–H and O–H groups in total. The van der Waals surface area contributed by atoms with Crippen molar-refractivity contribution in [3.63, 3.8) is 0 Å². The number of benzene rings is 2. The van der Waals surface area contributed by atoms with Gasteiger partial charge in [-0.25, -0.2) is 8.78 Å². The Bertz CT molecular complexity index is 1110. The second-order valence-corrected chi connectivity index (χ2v) is 8.27. The second-order valence-electron chi connectivity index (χ2n) is 8.27. The number of amides is 2. The van der Waals surface area contributed by atoms with E-state index < -0.39 is 17.4 Å². The maximum Gasteiger partial charge on any atom is 0.258 e. The summed E-state index contributed by atoms with van der Waals surface area (Å²) in [6, 6.07) is 11.7. The minimum absolute atomic E-state index is 0.108. The highest BCUT2D eigenvalue weighted by atomic mass is 19.1. The third kappa shape index (κ3) is 4.40. The van der Waals surface area contributed by atoms with Crippen molar-refractivity contribution >= 4 is 23.2 Å². The van der Waals surface area contributed by atoms with Crippen LogP contribution in [0.3, 0.4) is 0 Å². The highest BCUT2D eigenvalue weighted by Gasteiger charge is 2.44. The Labute approximate surface area is 184 Å². The molecule has 6 nitrogen and oxygen atoms in total. The van der Waals surface area contributed by atoms with Gasteiger partial charge in [0.25, 0.3) is 11.8 Å². The molecule has 166 valence electrons. The lowest BCUT2D eigenvalue weighted by atomic mass is 9.76. The lowest BCUT2D eigenvalue weighted by Gasteiger charge is -2.41. The molecule has 2 aromatic carbocycles. The summed E-state index contributed by atoms with van der Waals surface area (Å²) in [6.45, 7) is 1.89. The van der Waals surface area contributed by atoms with E-state index >= 15 is 0 Å². The van der Waals surface area contributed by atoms with Crippen LogP contribution in [0.2, 0.25) is 0 Å². The van der Waals surface area contributed by atoms with Crippen LogP contribution in [0.5, 0.6) is 0 Å². The zero-order chi connectivity index (χ0) is 22.9. The fourth-order valence-corrected chi connectivity index (χ4v) is 4.04. The zero-order valence-corrected chi connectivity index (χ0v) is 17.5. The number of nitrogens with two attached hydrogens (primary N) is 1. The molecule has 2 atom stereocenters. The Morgan fingerprint density at radius 2 is 1.59 bits per heavy atom. The fraction of sp³-hybridized carbons (Fsp3) is 0.250. The molecule has 32 heavy (non-hydrogen) atoms. The van der Waals surface area contributed by atoms with Crippen LogP contribution in [-0.4, -0.2) is 23.4 Å². The number of hydrogen-bond acceptors (Lipinski definition) is 5. The molecule has 2 amide bonds. The van der Waals surface area contributed by atoms with Gasteiger partial charge in [-0.1, -0.05) is 0 Å². The van der Waals surface area contributed by atoms with Gasteiger partial charge in [-0.15, -0.1) is 0 Å². The molecule has 0 saturated carbocycles. The van der Waals surface area contributed by atoms with E-state index in [-0.39, 0.29) is 24.1 Å². The first-order chi connectivity index (χ1) is 15.3. The molecule has 0 saturated heterocycles. The lowest BCUT2D eigenvalue weighted by Crippen LogP contribution is -2.46. The normalized spacial score (nSPS) is 21.1. The molecular formula is C24H24F2N4O2. The van der Waals surface area contributed by atoms with Gasteiger partial charge >= 0.3 is 0 Å². The van der Waals surface area contributed by atoms with Gasteiger partial charge < -0.3 is 16.4 Å². The van der Waals surface area contributed by atoms with Crippen molar-refractivity contribution in [2.45, 2.75) is 37.8 Å². The van der Waals surface area contributed by atoms with E-state index in [9.17, 15) is 18.4 Å². The van der Waals surface area contributed by atoms with E-state index in [2.05, 4.69) is 16.0 Å². The number of halogens is 2. The van der Waals surface area contributed by atoms with E-state index in [1.54, 1.807) is 30.3 Å². The van der Waals surface area contributed by atoms with Crippen LogP contribution < -0.4 is 21.7 Å². The predicted octanol–water partition coefficient (Wildman–Crippen LogP) is 3.60. The first-order valence-corrected chi connectivity index (χ1v) is 10.4. The predicted molar refractivity (Wildman–Crippen MR) is 119 cm³/mol. The van der Waals surface area contributed by atoms with E-state index in [0.717, 1.165) is 0 Å². The van der Waals surface area contributed by atoms with Crippen molar-refractivity contribution in [1.29, 1.82) is 0 Å². The first kappa shape index (κ1) is 21.7. The van der Waals surface area contributed by atoms with Gasteiger partial charge in [-0.3, -0.25) is 14.9 Å². The maximum atomic E-state index is 13.5. The van der Waals surface area contributed by atoms with E-state index in [4.69, 9.17) is 5.73 Å². The average molecular weight is 438 g/mol. The first-order valence-electron chi connectivity index (χ1n) is 10.4. The summed E-state index contributed by atoms with van der Waals surface area (Å²) in [5, 5.41) is 9.10. The second kappa shape index (κ2) is 8.55. The smallest absolute Gasteiger partial charge is 0.258 e. The zero-order valence-electron chi connectivity index (χ0n) is 17.5. The van der Waals surface area contributed by atoms with Crippen molar-refractivity contribution in [2.24, 2.45) is 5.73 Å². The molecule has 0 bridgehead atoms.